The van der Waals surface area contributed by atoms with Gasteiger partial charge in [0.15, 0.2) is 0 Å². The molecule has 0 aromatic heterocycles. The van der Waals surface area contributed by atoms with E-state index in [1.54, 1.807) is 12.1 Å². The third kappa shape index (κ3) is 4.64. The summed E-state index contributed by atoms with van der Waals surface area (Å²) in [6.07, 6.45) is 0. The highest BCUT2D eigenvalue weighted by molar-refractivity contribution is 6.58. The molecule has 5 aromatic rings. The Morgan fingerprint density at radius 1 is 0.382 bits per heavy atom. The minimum Gasteiger partial charge on any atom is -0.423 e. The smallest absolute Gasteiger partial charge is 0.423 e. The first kappa shape index (κ1) is 21.7. The standard InChI is InChI=1S/C30H24BNO2/c33-31(34)27-17-21-30(22-18-27)32(28-9-5-2-6-10-28)29-19-15-26(16-20-29)25-13-11-24(12-14-25)23-7-3-1-4-8-23/h1-22,33-34H. The van der Waals surface area contributed by atoms with E-state index < -0.39 is 7.12 Å². The van der Waals surface area contributed by atoms with E-state index in [4.69, 9.17) is 0 Å². The van der Waals surface area contributed by atoms with Crippen molar-refractivity contribution in [2.24, 2.45) is 0 Å². The van der Waals surface area contributed by atoms with Crippen molar-refractivity contribution in [3.63, 3.8) is 0 Å². The highest BCUT2D eigenvalue weighted by atomic mass is 16.4. The van der Waals surface area contributed by atoms with Gasteiger partial charge in [0, 0.05) is 17.1 Å². The van der Waals surface area contributed by atoms with Crippen LogP contribution in [0.25, 0.3) is 22.3 Å². The zero-order valence-electron chi connectivity index (χ0n) is 18.6. The minimum absolute atomic E-state index is 0.464. The number of hydrogen-bond donors (Lipinski definition) is 2. The molecule has 0 fully saturated rings. The molecule has 0 radical (unpaired) electrons. The normalized spacial score (nSPS) is 10.6. The predicted octanol–water partition coefficient (Wildman–Crippen LogP) is 6.17. The van der Waals surface area contributed by atoms with Gasteiger partial charge in [0.2, 0.25) is 0 Å². The SMILES string of the molecule is OB(O)c1ccc(N(c2ccccc2)c2ccc(-c3ccc(-c4ccccc4)cc3)cc2)cc1. The minimum atomic E-state index is -1.48. The lowest BCUT2D eigenvalue weighted by Gasteiger charge is -2.26. The van der Waals surface area contributed by atoms with Gasteiger partial charge in [-0.1, -0.05) is 97.1 Å². The average Bonchev–Trinajstić information content (AvgIpc) is 2.91. The van der Waals surface area contributed by atoms with Crippen LogP contribution < -0.4 is 10.4 Å². The van der Waals surface area contributed by atoms with E-state index in [2.05, 4.69) is 89.8 Å². The van der Waals surface area contributed by atoms with Crippen LogP contribution in [0.3, 0.4) is 0 Å². The summed E-state index contributed by atoms with van der Waals surface area (Å²) in [6, 6.07) is 44.9. The van der Waals surface area contributed by atoms with E-state index >= 15 is 0 Å². The second-order valence-electron chi connectivity index (χ2n) is 8.13. The summed E-state index contributed by atoms with van der Waals surface area (Å²) in [5, 5.41) is 18.9. The van der Waals surface area contributed by atoms with E-state index in [0.717, 1.165) is 22.6 Å². The Morgan fingerprint density at radius 3 is 1.21 bits per heavy atom. The van der Waals surface area contributed by atoms with Crippen molar-refractivity contribution in [1.29, 1.82) is 0 Å². The number of hydrogen-bond acceptors (Lipinski definition) is 3. The van der Waals surface area contributed by atoms with Gasteiger partial charge in [-0.15, -0.1) is 0 Å². The summed E-state index contributed by atoms with van der Waals surface area (Å²) >= 11 is 0. The van der Waals surface area contributed by atoms with Crippen molar-refractivity contribution in [2.45, 2.75) is 0 Å². The molecule has 0 amide bonds. The Kier molecular flexibility index (Phi) is 6.26. The summed E-state index contributed by atoms with van der Waals surface area (Å²) < 4.78 is 0. The molecule has 0 saturated carbocycles. The van der Waals surface area contributed by atoms with Crippen molar-refractivity contribution in [2.75, 3.05) is 4.90 Å². The summed E-state index contributed by atoms with van der Waals surface area (Å²) in [4.78, 5) is 2.15. The Bertz CT molecular complexity index is 1340. The van der Waals surface area contributed by atoms with Crippen LogP contribution in [0.4, 0.5) is 17.1 Å². The lowest BCUT2D eigenvalue weighted by molar-refractivity contribution is 0.426. The maximum absolute atomic E-state index is 9.45. The molecule has 0 aliphatic rings. The monoisotopic (exact) mass is 441 g/mol. The molecule has 0 aliphatic carbocycles. The Hall–Kier alpha value is -4.12. The lowest BCUT2D eigenvalue weighted by atomic mass is 9.80. The quantitative estimate of drug-likeness (QED) is 0.310. The number of nitrogens with zero attached hydrogens (tertiary/aromatic N) is 1. The van der Waals surface area contributed by atoms with Gasteiger partial charge in [0.25, 0.3) is 0 Å². The van der Waals surface area contributed by atoms with Crippen LogP contribution in [0, 0.1) is 0 Å². The first-order valence-corrected chi connectivity index (χ1v) is 11.3. The van der Waals surface area contributed by atoms with Crippen molar-refractivity contribution in [3.05, 3.63) is 133 Å². The average molecular weight is 441 g/mol. The summed E-state index contributed by atoms with van der Waals surface area (Å²) in [7, 11) is -1.48. The van der Waals surface area contributed by atoms with E-state index in [9.17, 15) is 10.0 Å². The molecule has 5 aromatic carbocycles. The van der Waals surface area contributed by atoms with Crippen LogP contribution in [0.1, 0.15) is 0 Å². The van der Waals surface area contributed by atoms with E-state index in [0.29, 0.717) is 5.46 Å². The topological polar surface area (TPSA) is 43.7 Å². The van der Waals surface area contributed by atoms with Crippen LogP contribution in [0.5, 0.6) is 0 Å². The molecule has 0 saturated heterocycles. The third-order valence-electron chi connectivity index (χ3n) is 5.91. The van der Waals surface area contributed by atoms with Gasteiger partial charge in [0.05, 0.1) is 0 Å². The zero-order chi connectivity index (χ0) is 23.3. The van der Waals surface area contributed by atoms with Crippen molar-refractivity contribution < 1.29 is 10.0 Å². The zero-order valence-corrected chi connectivity index (χ0v) is 18.6. The van der Waals surface area contributed by atoms with E-state index in [1.807, 2.05) is 36.4 Å². The lowest BCUT2D eigenvalue weighted by Crippen LogP contribution is -2.29. The van der Waals surface area contributed by atoms with Crippen LogP contribution >= 0.6 is 0 Å². The van der Waals surface area contributed by atoms with Gasteiger partial charge >= 0.3 is 7.12 Å². The van der Waals surface area contributed by atoms with Gasteiger partial charge in [-0.25, -0.2) is 0 Å². The van der Waals surface area contributed by atoms with Gasteiger partial charge in [-0.05, 0) is 64.1 Å². The molecule has 0 heterocycles. The molecule has 0 unspecified atom stereocenters. The molecule has 4 heteroatoms. The molecular formula is C30H24BNO2. The molecule has 3 nitrogen and oxygen atoms in total. The summed E-state index contributed by atoms with van der Waals surface area (Å²) in [5.74, 6) is 0. The van der Waals surface area contributed by atoms with Crippen LogP contribution in [-0.2, 0) is 0 Å². The van der Waals surface area contributed by atoms with Gasteiger partial charge in [-0.2, -0.15) is 0 Å². The fourth-order valence-electron chi connectivity index (χ4n) is 4.11. The molecule has 0 atom stereocenters. The second-order valence-corrected chi connectivity index (χ2v) is 8.13. The van der Waals surface area contributed by atoms with E-state index in [-0.39, 0.29) is 0 Å². The van der Waals surface area contributed by atoms with Gasteiger partial charge in [-0.3, -0.25) is 0 Å². The molecular weight excluding hydrogens is 417 g/mol. The molecule has 34 heavy (non-hydrogen) atoms. The fraction of sp³-hybridized carbons (Fsp3) is 0. The maximum Gasteiger partial charge on any atom is 0.488 e. The first-order valence-electron chi connectivity index (χ1n) is 11.3. The Balaban J connectivity index is 1.45. The first-order chi connectivity index (χ1) is 16.7. The highest BCUT2D eigenvalue weighted by Gasteiger charge is 2.15. The highest BCUT2D eigenvalue weighted by Crippen LogP contribution is 2.35. The second kappa shape index (κ2) is 9.80. The molecule has 2 N–H and O–H groups in total. The molecule has 0 bridgehead atoms. The molecule has 164 valence electrons. The predicted molar refractivity (Wildman–Crippen MR) is 142 cm³/mol. The Labute approximate surface area is 200 Å². The largest absolute Gasteiger partial charge is 0.488 e. The van der Waals surface area contributed by atoms with Crippen LogP contribution in [0.15, 0.2) is 133 Å². The molecule has 0 aliphatic heterocycles. The third-order valence-corrected chi connectivity index (χ3v) is 5.91. The van der Waals surface area contributed by atoms with Gasteiger partial charge in [0.1, 0.15) is 0 Å². The molecule has 5 rings (SSSR count). The number of para-hydroxylation sites is 1. The van der Waals surface area contributed by atoms with Crippen molar-refractivity contribution in [1.82, 2.24) is 0 Å². The Morgan fingerprint density at radius 2 is 0.735 bits per heavy atom. The van der Waals surface area contributed by atoms with Crippen molar-refractivity contribution in [3.8, 4) is 22.3 Å². The molecule has 0 spiro atoms. The van der Waals surface area contributed by atoms with Crippen LogP contribution in [0.2, 0.25) is 0 Å². The number of benzene rings is 5. The fourth-order valence-corrected chi connectivity index (χ4v) is 4.11. The van der Waals surface area contributed by atoms with Crippen molar-refractivity contribution >= 4 is 29.6 Å². The summed E-state index contributed by atoms with van der Waals surface area (Å²) in [6.45, 7) is 0. The summed E-state index contributed by atoms with van der Waals surface area (Å²) in [5.41, 5.74) is 8.18. The van der Waals surface area contributed by atoms with E-state index in [1.165, 1.54) is 16.7 Å². The maximum atomic E-state index is 9.45. The van der Waals surface area contributed by atoms with Gasteiger partial charge < -0.3 is 14.9 Å². The number of anilines is 3. The number of rotatable bonds is 6. The van der Waals surface area contributed by atoms with Crippen LogP contribution in [-0.4, -0.2) is 17.2 Å².